The predicted molar refractivity (Wildman–Crippen MR) is 94.6 cm³/mol. The molecule has 0 amide bonds. The zero-order valence-corrected chi connectivity index (χ0v) is 14.3. The molecule has 0 aliphatic heterocycles. The summed E-state index contributed by atoms with van der Waals surface area (Å²) in [5.74, 6) is 0.967. The molecule has 0 fully saturated rings. The molecule has 128 valence electrons. The molecule has 0 aliphatic carbocycles. The quantitative estimate of drug-likeness (QED) is 0.441. The molecule has 0 saturated heterocycles. The van der Waals surface area contributed by atoms with Crippen LogP contribution in [0.5, 0.6) is 0 Å². The fourth-order valence-electron chi connectivity index (χ4n) is 1.91. The average Bonchev–Trinajstić information content (AvgIpc) is 3.09. The van der Waals surface area contributed by atoms with E-state index in [1.165, 1.54) is 24.4 Å². The molecule has 0 unspecified atom stereocenters. The number of nitrogens with two attached hydrogens (primary N) is 1. The Labute approximate surface area is 147 Å². The Kier molecular flexibility index (Phi) is 4.75. The second-order valence-electron chi connectivity index (χ2n) is 5.07. The Hall–Kier alpha value is -3.21. The topological polar surface area (TPSA) is 143 Å². The molecule has 0 radical (unpaired) electrons. The zero-order valence-electron chi connectivity index (χ0n) is 13.5. The maximum atomic E-state index is 7.38. The van der Waals surface area contributed by atoms with Gasteiger partial charge in [0.05, 0.1) is 0 Å². The van der Waals surface area contributed by atoms with Gasteiger partial charge in [0.25, 0.3) is 0 Å². The van der Waals surface area contributed by atoms with E-state index in [0.29, 0.717) is 28.0 Å². The van der Waals surface area contributed by atoms with Crippen molar-refractivity contribution < 1.29 is 4.42 Å². The first-order chi connectivity index (χ1) is 12.1. The molecule has 0 saturated carbocycles. The monoisotopic (exact) mass is 357 g/mol. The number of nitrogen functional groups attached to an aromatic ring is 1. The molecule has 10 nitrogen and oxygen atoms in total. The van der Waals surface area contributed by atoms with E-state index in [1.54, 1.807) is 17.0 Å². The van der Waals surface area contributed by atoms with Gasteiger partial charge in [0.1, 0.15) is 0 Å². The highest BCUT2D eigenvalue weighted by Crippen LogP contribution is 2.30. The number of aromatic nitrogens is 5. The van der Waals surface area contributed by atoms with Crippen molar-refractivity contribution in [3.05, 3.63) is 30.2 Å². The van der Waals surface area contributed by atoms with Crippen LogP contribution >= 0.6 is 11.8 Å². The predicted octanol–water partition coefficient (Wildman–Crippen LogP) is 1.80. The zero-order chi connectivity index (χ0) is 17.8. The summed E-state index contributed by atoms with van der Waals surface area (Å²) < 4.78 is 5.09. The van der Waals surface area contributed by atoms with Crippen LogP contribution in [0.15, 0.2) is 39.1 Å². The lowest BCUT2D eigenvalue weighted by atomic mass is 10.2. The fraction of sp³-hybridized carbons (Fsp3) is 0.143. The first kappa shape index (κ1) is 16.6. The normalized spacial score (nSPS) is 10.5. The van der Waals surface area contributed by atoms with Gasteiger partial charge < -0.3 is 20.5 Å². The van der Waals surface area contributed by atoms with Gasteiger partial charge in [0, 0.05) is 36.5 Å². The van der Waals surface area contributed by atoms with E-state index in [-0.39, 0.29) is 6.01 Å². The lowest BCUT2D eigenvalue weighted by Crippen LogP contribution is -2.15. The van der Waals surface area contributed by atoms with Crippen LogP contribution < -0.4 is 16.0 Å². The number of hydrogen-bond acceptors (Lipinski definition) is 11. The Morgan fingerprint density at radius 3 is 2.80 bits per heavy atom. The Balaban J connectivity index is 1.90. The minimum absolute atomic E-state index is 0.207. The third-order valence-electron chi connectivity index (χ3n) is 3.08. The van der Waals surface area contributed by atoms with E-state index in [9.17, 15) is 0 Å². The van der Waals surface area contributed by atoms with Crippen LogP contribution in [0, 0.1) is 5.41 Å². The first-order valence-corrected chi connectivity index (χ1v) is 7.91. The van der Waals surface area contributed by atoms with E-state index in [0.717, 1.165) is 4.90 Å². The molecule has 3 rings (SSSR count). The van der Waals surface area contributed by atoms with Crippen molar-refractivity contribution in [3.8, 4) is 0 Å². The summed E-state index contributed by atoms with van der Waals surface area (Å²) in [6.45, 7) is 0. The molecule has 3 aromatic rings. The van der Waals surface area contributed by atoms with Crippen LogP contribution in [-0.4, -0.2) is 45.7 Å². The van der Waals surface area contributed by atoms with Crippen LogP contribution in [0.25, 0.3) is 0 Å². The van der Waals surface area contributed by atoms with Crippen LogP contribution in [0.4, 0.5) is 23.3 Å². The van der Waals surface area contributed by atoms with E-state index in [2.05, 4.69) is 30.7 Å². The largest absolute Gasteiger partial charge is 0.411 e. The molecular weight excluding hydrogens is 342 g/mol. The summed E-state index contributed by atoms with van der Waals surface area (Å²) in [6, 6.07) is 5.57. The SMILES string of the molecule is CN(C)c1nnc(Sc2ccc(N)c(C=N)c2)nc1Nc1nnco1. The third-order valence-corrected chi connectivity index (χ3v) is 3.93. The summed E-state index contributed by atoms with van der Waals surface area (Å²) in [5, 5.41) is 26.4. The molecule has 25 heavy (non-hydrogen) atoms. The minimum atomic E-state index is 0.207. The number of nitrogens with zero attached hydrogens (tertiary/aromatic N) is 6. The minimum Gasteiger partial charge on any atom is -0.411 e. The Bertz CT molecular complexity index is 882. The summed E-state index contributed by atoms with van der Waals surface area (Å²) in [5.41, 5.74) is 6.98. The third kappa shape index (κ3) is 3.83. The average molecular weight is 357 g/mol. The lowest BCUT2D eigenvalue weighted by molar-refractivity contribution is 0.571. The van der Waals surface area contributed by atoms with Crippen molar-refractivity contribution in [1.29, 1.82) is 5.41 Å². The second kappa shape index (κ2) is 7.13. The van der Waals surface area contributed by atoms with Gasteiger partial charge in [-0.25, -0.2) is 0 Å². The van der Waals surface area contributed by atoms with E-state index in [4.69, 9.17) is 15.6 Å². The number of benzene rings is 1. The number of rotatable bonds is 6. The van der Waals surface area contributed by atoms with E-state index in [1.807, 2.05) is 20.2 Å². The molecule has 2 heterocycles. The van der Waals surface area contributed by atoms with Crippen LogP contribution in [0.1, 0.15) is 5.56 Å². The molecule has 0 aliphatic rings. The van der Waals surface area contributed by atoms with Gasteiger partial charge in [-0.1, -0.05) is 5.10 Å². The summed E-state index contributed by atoms with van der Waals surface area (Å²) in [7, 11) is 3.65. The molecule has 0 spiro atoms. The molecule has 0 bridgehead atoms. The van der Waals surface area contributed by atoms with Crippen molar-refractivity contribution >= 4 is 41.3 Å². The number of anilines is 4. The van der Waals surface area contributed by atoms with Gasteiger partial charge in [0.2, 0.25) is 11.6 Å². The van der Waals surface area contributed by atoms with Gasteiger partial charge >= 0.3 is 6.01 Å². The van der Waals surface area contributed by atoms with Crippen molar-refractivity contribution in [2.45, 2.75) is 10.1 Å². The summed E-state index contributed by atoms with van der Waals surface area (Å²) >= 11 is 1.30. The number of hydrogen-bond donors (Lipinski definition) is 3. The highest BCUT2D eigenvalue weighted by atomic mass is 32.2. The standard InChI is InChI=1S/C14H15N9OS/c1-23(2)12-11(18-13-21-17-7-24-13)19-14(22-20-12)25-9-3-4-10(16)8(5-9)6-15/h3-7,15H,16H2,1-2H3,(H,18,19,21,22). The van der Waals surface area contributed by atoms with E-state index < -0.39 is 0 Å². The second-order valence-corrected chi connectivity index (χ2v) is 6.11. The highest BCUT2D eigenvalue weighted by molar-refractivity contribution is 7.99. The molecule has 11 heteroatoms. The smallest absolute Gasteiger partial charge is 0.321 e. The van der Waals surface area contributed by atoms with Crippen molar-refractivity contribution in [3.63, 3.8) is 0 Å². The molecule has 2 aromatic heterocycles. The van der Waals surface area contributed by atoms with Gasteiger partial charge in [-0.15, -0.1) is 15.3 Å². The Morgan fingerprint density at radius 1 is 1.28 bits per heavy atom. The van der Waals surface area contributed by atoms with Crippen molar-refractivity contribution in [2.75, 3.05) is 30.0 Å². The molecule has 4 N–H and O–H groups in total. The molecule has 0 atom stereocenters. The molecule has 1 aromatic carbocycles. The fourth-order valence-corrected chi connectivity index (χ4v) is 2.66. The van der Waals surface area contributed by atoms with Gasteiger partial charge in [-0.3, -0.25) is 5.32 Å². The van der Waals surface area contributed by atoms with Crippen LogP contribution in [0.3, 0.4) is 0 Å². The van der Waals surface area contributed by atoms with Crippen molar-refractivity contribution in [2.24, 2.45) is 0 Å². The summed E-state index contributed by atoms with van der Waals surface area (Å²) in [6.07, 6.45) is 2.42. The maximum Gasteiger partial charge on any atom is 0.321 e. The lowest BCUT2D eigenvalue weighted by Gasteiger charge is -2.14. The van der Waals surface area contributed by atoms with Crippen LogP contribution in [0.2, 0.25) is 0 Å². The summed E-state index contributed by atoms with van der Waals surface area (Å²) in [4.78, 5) is 7.07. The molecular formula is C14H15N9OS. The van der Waals surface area contributed by atoms with Gasteiger partial charge in [-0.05, 0) is 30.0 Å². The Morgan fingerprint density at radius 2 is 2.12 bits per heavy atom. The van der Waals surface area contributed by atoms with Crippen molar-refractivity contribution in [1.82, 2.24) is 25.4 Å². The van der Waals surface area contributed by atoms with Gasteiger partial charge in [0.15, 0.2) is 11.6 Å². The van der Waals surface area contributed by atoms with Gasteiger partial charge in [-0.2, -0.15) is 4.98 Å². The highest BCUT2D eigenvalue weighted by Gasteiger charge is 2.14. The number of nitrogens with one attached hydrogen (secondary N) is 2. The van der Waals surface area contributed by atoms with Crippen LogP contribution in [-0.2, 0) is 0 Å². The van der Waals surface area contributed by atoms with E-state index >= 15 is 0 Å². The first-order valence-electron chi connectivity index (χ1n) is 7.10. The maximum absolute atomic E-state index is 7.38.